The van der Waals surface area contributed by atoms with Crippen LogP contribution >= 0.6 is 0 Å². The van der Waals surface area contributed by atoms with Crippen LogP contribution in [0.25, 0.3) is 0 Å². The maximum atomic E-state index is 9.41. The number of aliphatic hydroxyl groups is 2. The molecular weight excluding hydrogens is 171 g/mol. The van der Waals surface area contributed by atoms with E-state index in [1.165, 1.54) is 0 Å². The quantitative estimate of drug-likeness (QED) is 0.556. The van der Waals surface area contributed by atoms with Gasteiger partial charge in [0, 0.05) is 6.00 Å². The summed E-state index contributed by atoms with van der Waals surface area (Å²) in [5.74, 6) is 0. The maximum Gasteiger partial charge on any atom is 0.112 e. The monoisotopic (exact) mass is 186 g/mol. The summed E-state index contributed by atoms with van der Waals surface area (Å²) in [6.07, 6.45) is -2.41. The first-order valence-electron chi connectivity index (χ1n) is 4.41. The van der Waals surface area contributed by atoms with Crippen LogP contribution in [0.2, 0.25) is 0 Å². The van der Waals surface area contributed by atoms with E-state index in [0.717, 1.165) is 0 Å². The van der Waals surface area contributed by atoms with Crippen molar-refractivity contribution in [2.24, 2.45) is 0 Å². The van der Waals surface area contributed by atoms with Gasteiger partial charge in [0.1, 0.15) is 20.1 Å². The molecule has 1 aliphatic rings. The molecule has 0 aromatic heterocycles. The fourth-order valence-electron chi connectivity index (χ4n) is 1.20. The van der Waals surface area contributed by atoms with Gasteiger partial charge < -0.3 is 19.7 Å². The normalized spacial score (nSPS) is 40.1. The Labute approximate surface area is 79.3 Å². The van der Waals surface area contributed by atoms with E-state index < -0.39 is 24.3 Å². The van der Waals surface area contributed by atoms with Crippen molar-refractivity contribution < 1.29 is 19.7 Å². The molecule has 0 aromatic carbocycles. The van der Waals surface area contributed by atoms with E-state index in [-0.39, 0.29) is 12.7 Å². The van der Waals surface area contributed by atoms with Crippen molar-refractivity contribution in [3.63, 3.8) is 0 Å². The first-order chi connectivity index (χ1) is 6.02. The molecule has 1 heterocycles. The highest BCUT2D eigenvalue weighted by molar-refractivity contribution is 6.11. The van der Waals surface area contributed by atoms with Gasteiger partial charge in [-0.05, 0) is 13.8 Å². The molecule has 4 atom stereocenters. The molecule has 0 saturated carbocycles. The van der Waals surface area contributed by atoms with Crippen LogP contribution in [-0.2, 0) is 9.47 Å². The van der Waals surface area contributed by atoms with Crippen LogP contribution in [-0.4, -0.2) is 55.1 Å². The van der Waals surface area contributed by atoms with Crippen molar-refractivity contribution in [3.05, 3.63) is 0 Å². The van der Waals surface area contributed by atoms with Crippen molar-refractivity contribution in [1.82, 2.24) is 0 Å². The van der Waals surface area contributed by atoms with E-state index in [2.05, 4.69) is 0 Å². The SMILES string of the molecule is [B]C1OC(COC(C)C)C(O)C1O. The minimum absolute atomic E-state index is 0.0739. The largest absolute Gasteiger partial charge is 0.388 e. The van der Waals surface area contributed by atoms with Gasteiger partial charge in [-0.15, -0.1) is 0 Å². The van der Waals surface area contributed by atoms with E-state index in [9.17, 15) is 10.2 Å². The summed E-state index contributed by atoms with van der Waals surface area (Å²) in [5, 5.41) is 18.7. The first kappa shape index (κ1) is 11.0. The fraction of sp³-hybridized carbons (Fsp3) is 1.00. The van der Waals surface area contributed by atoms with Crippen molar-refractivity contribution in [2.75, 3.05) is 6.61 Å². The van der Waals surface area contributed by atoms with Crippen molar-refractivity contribution in [1.29, 1.82) is 0 Å². The van der Waals surface area contributed by atoms with E-state index >= 15 is 0 Å². The Bertz CT molecular complexity index is 164. The summed E-state index contributed by atoms with van der Waals surface area (Å²) in [4.78, 5) is 0. The predicted octanol–water partition coefficient (Wildman–Crippen LogP) is -0.973. The molecular formula is C8H15BO4. The summed E-state index contributed by atoms with van der Waals surface area (Å²) in [7, 11) is 5.38. The number of rotatable bonds is 3. The van der Waals surface area contributed by atoms with Crippen molar-refractivity contribution >= 4 is 7.85 Å². The summed E-state index contributed by atoms with van der Waals surface area (Å²) >= 11 is 0. The van der Waals surface area contributed by atoms with Gasteiger partial charge in [0.2, 0.25) is 0 Å². The third kappa shape index (κ3) is 2.67. The van der Waals surface area contributed by atoms with Gasteiger partial charge in [-0.25, -0.2) is 0 Å². The van der Waals surface area contributed by atoms with E-state index in [4.69, 9.17) is 17.3 Å². The number of hydrogen-bond acceptors (Lipinski definition) is 4. The minimum Gasteiger partial charge on any atom is -0.388 e. The zero-order chi connectivity index (χ0) is 10.0. The molecule has 1 rings (SSSR count). The smallest absolute Gasteiger partial charge is 0.112 e. The van der Waals surface area contributed by atoms with Crippen LogP contribution < -0.4 is 0 Å². The van der Waals surface area contributed by atoms with Gasteiger partial charge >= 0.3 is 0 Å². The lowest BCUT2D eigenvalue weighted by atomic mass is 9.93. The molecule has 1 saturated heterocycles. The van der Waals surface area contributed by atoms with Gasteiger partial charge in [-0.2, -0.15) is 0 Å². The average Bonchev–Trinajstić information content (AvgIpc) is 2.29. The summed E-state index contributed by atoms with van der Waals surface area (Å²) in [6.45, 7) is 4.03. The lowest BCUT2D eigenvalue weighted by Crippen LogP contribution is -2.34. The van der Waals surface area contributed by atoms with Crippen LogP contribution in [0.4, 0.5) is 0 Å². The van der Waals surface area contributed by atoms with Crippen LogP contribution in [0.5, 0.6) is 0 Å². The van der Waals surface area contributed by atoms with Crippen LogP contribution in [0.3, 0.4) is 0 Å². The fourth-order valence-corrected chi connectivity index (χ4v) is 1.20. The van der Waals surface area contributed by atoms with E-state index in [0.29, 0.717) is 0 Å². The zero-order valence-electron chi connectivity index (χ0n) is 7.88. The Morgan fingerprint density at radius 3 is 2.38 bits per heavy atom. The van der Waals surface area contributed by atoms with Gasteiger partial charge in [-0.1, -0.05) is 0 Å². The van der Waals surface area contributed by atoms with E-state index in [1.807, 2.05) is 13.8 Å². The molecule has 0 bridgehead atoms. The van der Waals surface area contributed by atoms with Gasteiger partial charge in [0.25, 0.3) is 0 Å². The molecule has 4 unspecified atom stereocenters. The van der Waals surface area contributed by atoms with Crippen LogP contribution in [0.1, 0.15) is 13.8 Å². The molecule has 0 aliphatic carbocycles. The van der Waals surface area contributed by atoms with Crippen molar-refractivity contribution in [2.45, 2.75) is 44.3 Å². The van der Waals surface area contributed by atoms with Crippen LogP contribution in [0.15, 0.2) is 0 Å². The third-order valence-corrected chi connectivity index (χ3v) is 1.99. The molecule has 0 aromatic rings. The Kier molecular flexibility index (Phi) is 3.73. The molecule has 1 fully saturated rings. The number of hydrogen-bond donors (Lipinski definition) is 2. The van der Waals surface area contributed by atoms with Gasteiger partial charge in [0.15, 0.2) is 0 Å². The summed E-state index contributed by atoms with van der Waals surface area (Å²) in [5.41, 5.74) is 0. The second kappa shape index (κ2) is 4.42. The average molecular weight is 186 g/mol. The Balaban J connectivity index is 2.35. The van der Waals surface area contributed by atoms with Gasteiger partial charge in [-0.3, -0.25) is 0 Å². The lowest BCUT2D eigenvalue weighted by molar-refractivity contribution is -0.0489. The second-order valence-electron chi connectivity index (χ2n) is 3.50. The lowest BCUT2D eigenvalue weighted by Gasteiger charge is -2.16. The predicted molar refractivity (Wildman–Crippen MR) is 47.5 cm³/mol. The Morgan fingerprint density at radius 1 is 1.38 bits per heavy atom. The standard InChI is InChI=1S/C8H15BO4/c1-4(2)12-3-5-6(10)7(11)8(9)13-5/h4-8,10-11H,3H2,1-2H3. The van der Waals surface area contributed by atoms with Crippen LogP contribution in [0, 0.1) is 0 Å². The highest BCUT2D eigenvalue weighted by atomic mass is 16.6. The Hall–Kier alpha value is -0.0951. The minimum atomic E-state index is -1.01. The molecule has 0 amide bonds. The molecule has 0 spiro atoms. The second-order valence-corrected chi connectivity index (χ2v) is 3.50. The third-order valence-electron chi connectivity index (χ3n) is 1.99. The maximum absolute atomic E-state index is 9.41. The molecule has 4 nitrogen and oxygen atoms in total. The number of aliphatic hydroxyl groups excluding tert-OH is 2. The highest BCUT2D eigenvalue weighted by Gasteiger charge is 2.39. The highest BCUT2D eigenvalue weighted by Crippen LogP contribution is 2.19. The molecule has 74 valence electrons. The Morgan fingerprint density at radius 2 is 2.00 bits per heavy atom. The molecule has 1 aliphatic heterocycles. The van der Waals surface area contributed by atoms with Gasteiger partial charge in [0.05, 0.1) is 18.8 Å². The topological polar surface area (TPSA) is 58.9 Å². The molecule has 2 N–H and O–H groups in total. The number of ether oxygens (including phenoxy) is 2. The van der Waals surface area contributed by atoms with Crippen molar-refractivity contribution in [3.8, 4) is 0 Å². The molecule has 5 heteroatoms. The molecule has 13 heavy (non-hydrogen) atoms. The first-order valence-corrected chi connectivity index (χ1v) is 4.41. The summed E-state index contributed by atoms with van der Waals surface area (Å²) < 4.78 is 10.3. The summed E-state index contributed by atoms with van der Waals surface area (Å²) in [6, 6.07) is -0.809. The van der Waals surface area contributed by atoms with E-state index in [1.54, 1.807) is 0 Å². The molecule has 2 radical (unpaired) electrons. The zero-order valence-corrected chi connectivity index (χ0v) is 7.88.